The lowest BCUT2D eigenvalue weighted by atomic mass is 9.83. The molecular formula is C18H20. The largest absolute Gasteiger partial charge is 0.0805 e. The van der Waals surface area contributed by atoms with Gasteiger partial charge in [-0.15, -0.1) is 0 Å². The molecule has 0 aromatic heterocycles. The number of hydrogen-bond acceptors (Lipinski definition) is 0. The van der Waals surface area contributed by atoms with Crippen LogP contribution < -0.4 is 0 Å². The fourth-order valence-electron chi connectivity index (χ4n) is 3.06. The van der Waals surface area contributed by atoms with Crippen LogP contribution in [0.4, 0.5) is 0 Å². The molecule has 0 aromatic carbocycles. The van der Waals surface area contributed by atoms with Gasteiger partial charge < -0.3 is 0 Å². The second-order valence-electron chi connectivity index (χ2n) is 5.40. The van der Waals surface area contributed by atoms with Gasteiger partial charge in [-0.05, 0) is 37.5 Å². The standard InChI is InChI=1S/C18H20/c1-2-8-15(7-1)13-18(17-11-5-6-12-17)14-16-9-3-4-10-16/h1-9,11,15,18H,10,12-14H2. The summed E-state index contributed by atoms with van der Waals surface area (Å²) in [6.07, 6.45) is 27.4. The highest BCUT2D eigenvalue weighted by Gasteiger charge is 2.20. The first-order chi connectivity index (χ1) is 8.92. The number of hydrogen-bond donors (Lipinski definition) is 0. The zero-order chi connectivity index (χ0) is 12.2. The van der Waals surface area contributed by atoms with Crippen molar-refractivity contribution in [2.24, 2.45) is 11.8 Å². The molecule has 3 aliphatic carbocycles. The molecule has 0 fully saturated rings. The van der Waals surface area contributed by atoms with Gasteiger partial charge in [-0.3, -0.25) is 0 Å². The maximum absolute atomic E-state index is 2.33. The summed E-state index contributed by atoms with van der Waals surface area (Å²) >= 11 is 0. The zero-order valence-electron chi connectivity index (χ0n) is 10.8. The fraction of sp³-hybridized carbons (Fsp3) is 0.333. The van der Waals surface area contributed by atoms with E-state index in [-0.39, 0.29) is 0 Å². The number of allylic oxidation sites excluding steroid dienone is 12. The van der Waals surface area contributed by atoms with E-state index in [0.29, 0.717) is 11.8 Å². The van der Waals surface area contributed by atoms with Crippen LogP contribution in [0, 0.1) is 11.8 Å². The van der Waals surface area contributed by atoms with Crippen LogP contribution in [0.2, 0.25) is 0 Å². The fourth-order valence-corrected chi connectivity index (χ4v) is 3.06. The van der Waals surface area contributed by atoms with E-state index in [0.717, 1.165) is 12.8 Å². The SMILES string of the molecule is C1=CCC(CC(CC2C=CC=C2)C2=CC=CC2)=C1. The van der Waals surface area contributed by atoms with E-state index in [1.807, 2.05) is 0 Å². The molecule has 3 rings (SSSR count). The molecule has 18 heavy (non-hydrogen) atoms. The first-order valence-electron chi connectivity index (χ1n) is 6.97. The highest BCUT2D eigenvalue weighted by Crippen LogP contribution is 2.34. The van der Waals surface area contributed by atoms with Crippen LogP contribution in [-0.2, 0) is 0 Å². The molecule has 92 valence electrons. The van der Waals surface area contributed by atoms with Gasteiger partial charge in [0.15, 0.2) is 0 Å². The molecule has 1 unspecified atom stereocenters. The summed E-state index contributed by atoms with van der Waals surface area (Å²) in [7, 11) is 0. The van der Waals surface area contributed by atoms with Crippen molar-refractivity contribution >= 4 is 0 Å². The normalized spacial score (nSPS) is 22.9. The minimum atomic E-state index is 0.645. The van der Waals surface area contributed by atoms with E-state index < -0.39 is 0 Å². The Hall–Kier alpha value is -1.56. The minimum absolute atomic E-state index is 0.645. The first kappa shape index (κ1) is 11.5. The molecule has 3 aliphatic rings. The van der Waals surface area contributed by atoms with Crippen LogP contribution >= 0.6 is 0 Å². The molecule has 0 saturated heterocycles. The van der Waals surface area contributed by atoms with E-state index in [1.54, 1.807) is 11.1 Å². The summed E-state index contributed by atoms with van der Waals surface area (Å²) in [5.41, 5.74) is 3.22. The Morgan fingerprint density at radius 2 is 1.72 bits per heavy atom. The minimum Gasteiger partial charge on any atom is -0.0805 e. The quantitative estimate of drug-likeness (QED) is 0.637. The van der Waals surface area contributed by atoms with Gasteiger partial charge in [0.05, 0.1) is 0 Å². The smallest absolute Gasteiger partial charge is 0.00415 e. The molecule has 0 aliphatic heterocycles. The Kier molecular flexibility index (Phi) is 3.45. The first-order valence-corrected chi connectivity index (χ1v) is 6.97. The van der Waals surface area contributed by atoms with Crippen molar-refractivity contribution in [1.82, 2.24) is 0 Å². The van der Waals surface area contributed by atoms with Gasteiger partial charge in [0.1, 0.15) is 0 Å². The summed E-state index contributed by atoms with van der Waals surface area (Å²) in [5, 5.41) is 0. The lowest BCUT2D eigenvalue weighted by molar-refractivity contribution is 0.504. The molecule has 0 heterocycles. The predicted molar refractivity (Wildman–Crippen MR) is 78.2 cm³/mol. The van der Waals surface area contributed by atoms with Crippen molar-refractivity contribution in [2.75, 3.05) is 0 Å². The van der Waals surface area contributed by atoms with E-state index in [2.05, 4.69) is 60.8 Å². The Balaban J connectivity index is 1.67. The van der Waals surface area contributed by atoms with Crippen molar-refractivity contribution < 1.29 is 0 Å². The van der Waals surface area contributed by atoms with Crippen LogP contribution in [0.5, 0.6) is 0 Å². The topological polar surface area (TPSA) is 0 Å². The summed E-state index contributed by atoms with van der Waals surface area (Å²) in [6, 6.07) is 0. The highest BCUT2D eigenvalue weighted by molar-refractivity contribution is 5.30. The van der Waals surface area contributed by atoms with Crippen LogP contribution in [0.15, 0.2) is 71.9 Å². The molecule has 0 nitrogen and oxygen atoms in total. The van der Waals surface area contributed by atoms with Crippen LogP contribution in [0.1, 0.15) is 25.7 Å². The average Bonchev–Trinajstić information content (AvgIpc) is 3.13. The second-order valence-corrected chi connectivity index (χ2v) is 5.40. The zero-order valence-corrected chi connectivity index (χ0v) is 10.8. The maximum atomic E-state index is 2.33. The van der Waals surface area contributed by atoms with Crippen molar-refractivity contribution in [3.05, 3.63) is 71.9 Å². The van der Waals surface area contributed by atoms with E-state index in [4.69, 9.17) is 0 Å². The molecule has 1 atom stereocenters. The molecule has 0 bridgehead atoms. The third-order valence-electron chi connectivity index (χ3n) is 4.07. The maximum Gasteiger partial charge on any atom is -0.00415 e. The molecule has 0 amide bonds. The third-order valence-corrected chi connectivity index (χ3v) is 4.07. The van der Waals surface area contributed by atoms with Crippen LogP contribution in [-0.4, -0.2) is 0 Å². The monoisotopic (exact) mass is 236 g/mol. The Labute approximate surface area is 110 Å². The van der Waals surface area contributed by atoms with Crippen molar-refractivity contribution in [3.8, 4) is 0 Å². The molecule has 0 radical (unpaired) electrons. The second kappa shape index (κ2) is 5.39. The molecule has 0 spiro atoms. The van der Waals surface area contributed by atoms with E-state index in [1.165, 1.54) is 12.8 Å². The average molecular weight is 236 g/mol. The van der Waals surface area contributed by atoms with Crippen LogP contribution in [0.3, 0.4) is 0 Å². The third kappa shape index (κ3) is 2.64. The van der Waals surface area contributed by atoms with Crippen molar-refractivity contribution in [3.63, 3.8) is 0 Å². The highest BCUT2D eigenvalue weighted by atomic mass is 14.2. The van der Waals surface area contributed by atoms with Gasteiger partial charge in [0.2, 0.25) is 0 Å². The predicted octanol–water partition coefficient (Wildman–Crippen LogP) is 4.90. The lowest BCUT2D eigenvalue weighted by Gasteiger charge is -2.21. The number of rotatable bonds is 5. The van der Waals surface area contributed by atoms with E-state index >= 15 is 0 Å². The Morgan fingerprint density at radius 3 is 2.39 bits per heavy atom. The van der Waals surface area contributed by atoms with Gasteiger partial charge >= 0.3 is 0 Å². The Bertz CT molecular complexity index is 468. The van der Waals surface area contributed by atoms with Gasteiger partial charge in [-0.25, -0.2) is 0 Å². The molecule has 0 N–H and O–H groups in total. The van der Waals surface area contributed by atoms with Crippen molar-refractivity contribution in [1.29, 1.82) is 0 Å². The van der Waals surface area contributed by atoms with Crippen LogP contribution in [0.25, 0.3) is 0 Å². The summed E-state index contributed by atoms with van der Waals surface area (Å²) in [6.45, 7) is 0. The summed E-state index contributed by atoms with van der Waals surface area (Å²) in [4.78, 5) is 0. The Morgan fingerprint density at radius 1 is 0.944 bits per heavy atom. The lowest BCUT2D eigenvalue weighted by Crippen LogP contribution is -2.08. The summed E-state index contributed by atoms with van der Waals surface area (Å²) in [5.74, 6) is 1.36. The van der Waals surface area contributed by atoms with Gasteiger partial charge in [-0.2, -0.15) is 0 Å². The summed E-state index contributed by atoms with van der Waals surface area (Å²) < 4.78 is 0. The van der Waals surface area contributed by atoms with Crippen molar-refractivity contribution in [2.45, 2.75) is 25.7 Å². The molecule has 0 saturated carbocycles. The molecular weight excluding hydrogens is 216 g/mol. The van der Waals surface area contributed by atoms with Gasteiger partial charge in [0.25, 0.3) is 0 Å². The van der Waals surface area contributed by atoms with Gasteiger partial charge in [-0.1, -0.05) is 71.9 Å². The van der Waals surface area contributed by atoms with E-state index in [9.17, 15) is 0 Å². The molecule has 0 aromatic rings. The molecule has 0 heteroatoms. The van der Waals surface area contributed by atoms with Gasteiger partial charge in [0, 0.05) is 0 Å².